The second-order valence-corrected chi connectivity index (χ2v) is 9.07. The molecule has 2 aromatic rings. The number of amides is 2. The van der Waals surface area contributed by atoms with Crippen molar-refractivity contribution >= 4 is 51.9 Å². The van der Waals surface area contributed by atoms with Gasteiger partial charge in [0.15, 0.2) is 11.5 Å². The molecule has 1 heterocycles. The number of hydrogen-bond acceptors (Lipinski definition) is 7. The number of carbonyl (C=O) groups is 2. The molecule has 0 bridgehead atoms. The third-order valence-electron chi connectivity index (χ3n) is 4.89. The van der Waals surface area contributed by atoms with E-state index < -0.39 is 0 Å². The summed E-state index contributed by atoms with van der Waals surface area (Å²) in [7, 11) is 0. The van der Waals surface area contributed by atoms with E-state index in [9.17, 15) is 19.8 Å². The van der Waals surface area contributed by atoms with Gasteiger partial charge < -0.3 is 20.3 Å². The van der Waals surface area contributed by atoms with Crippen LogP contribution in [0.1, 0.15) is 38.2 Å². The Bertz CT molecular complexity index is 1050. The van der Waals surface area contributed by atoms with E-state index in [0.29, 0.717) is 46.7 Å². The van der Waals surface area contributed by atoms with Gasteiger partial charge in [0.2, 0.25) is 5.91 Å². The number of phenolic OH excluding ortho intramolecular Hbond substituents is 2. The standard InChI is InChI=1S/C24H26N2O5S2/c1-2-31-20-14-16(7-12-19(20)28)15-21-23(30)26(24(32)33-21)13-5-3-4-6-22(29)25-17-8-10-18(27)11-9-17/h7-12,14-15,27-28H,2-6,13H2,1H3,(H,25,29)/b21-15-. The first-order valence-corrected chi connectivity index (χ1v) is 11.9. The molecule has 0 unspecified atom stereocenters. The molecule has 174 valence electrons. The number of thioether (sulfide) groups is 1. The third-order valence-corrected chi connectivity index (χ3v) is 6.27. The molecule has 3 rings (SSSR count). The topological polar surface area (TPSA) is 99.1 Å². The summed E-state index contributed by atoms with van der Waals surface area (Å²) in [6, 6.07) is 11.3. The average Bonchev–Trinajstić information content (AvgIpc) is 3.04. The first-order chi connectivity index (χ1) is 15.9. The van der Waals surface area contributed by atoms with Crippen molar-refractivity contribution in [2.45, 2.75) is 32.6 Å². The number of rotatable bonds is 10. The highest BCUT2D eigenvalue weighted by atomic mass is 32.2. The summed E-state index contributed by atoms with van der Waals surface area (Å²) < 4.78 is 5.91. The second kappa shape index (κ2) is 11.7. The minimum atomic E-state index is -0.138. The summed E-state index contributed by atoms with van der Waals surface area (Å²) in [6.07, 6.45) is 4.34. The molecular formula is C24H26N2O5S2. The van der Waals surface area contributed by atoms with Crippen LogP contribution in [-0.4, -0.2) is 44.4 Å². The largest absolute Gasteiger partial charge is 0.508 e. The van der Waals surface area contributed by atoms with E-state index in [4.69, 9.17) is 17.0 Å². The normalized spacial score (nSPS) is 14.7. The van der Waals surface area contributed by atoms with Crippen molar-refractivity contribution in [1.82, 2.24) is 4.90 Å². The maximum absolute atomic E-state index is 12.8. The lowest BCUT2D eigenvalue weighted by Gasteiger charge is -2.14. The molecule has 7 nitrogen and oxygen atoms in total. The number of carbonyl (C=O) groups excluding carboxylic acids is 2. The minimum Gasteiger partial charge on any atom is -0.508 e. The van der Waals surface area contributed by atoms with E-state index in [1.54, 1.807) is 35.2 Å². The SMILES string of the molecule is CCOc1cc(/C=C2\SC(=S)N(CCCCCC(=O)Nc3ccc(O)cc3)C2=O)ccc1O. The number of nitrogens with zero attached hydrogens (tertiary/aromatic N) is 1. The van der Waals surface area contributed by atoms with Crippen LogP contribution in [0.5, 0.6) is 17.2 Å². The molecule has 1 saturated heterocycles. The smallest absolute Gasteiger partial charge is 0.266 e. The zero-order chi connectivity index (χ0) is 23.8. The summed E-state index contributed by atoms with van der Waals surface area (Å²) in [5.74, 6) is 0.349. The van der Waals surface area contributed by atoms with Gasteiger partial charge in [-0.25, -0.2) is 0 Å². The molecule has 0 aliphatic carbocycles. The molecule has 3 N–H and O–H groups in total. The first-order valence-electron chi connectivity index (χ1n) is 10.7. The van der Waals surface area contributed by atoms with Gasteiger partial charge in [-0.3, -0.25) is 14.5 Å². The molecule has 33 heavy (non-hydrogen) atoms. The van der Waals surface area contributed by atoms with Crippen LogP contribution in [-0.2, 0) is 9.59 Å². The van der Waals surface area contributed by atoms with Gasteiger partial charge in [0.25, 0.3) is 5.91 Å². The first kappa shape index (κ1) is 24.6. The van der Waals surface area contributed by atoms with E-state index in [0.717, 1.165) is 18.4 Å². The Labute approximate surface area is 202 Å². The Balaban J connectivity index is 1.45. The van der Waals surface area contributed by atoms with Crippen molar-refractivity contribution in [3.8, 4) is 17.2 Å². The highest BCUT2D eigenvalue weighted by molar-refractivity contribution is 8.26. The fraction of sp³-hybridized carbons (Fsp3) is 0.292. The number of unbranched alkanes of at least 4 members (excludes halogenated alkanes) is 2. The summed E-state index contributed by atoms with van der Waals surface area (Å²) >= 11 is 6.64. The Morgan fingerprint density at radius 3 is 2.64 bits per heavy atom. The van der Waals surface area contributed by atoms with Crippen molar-refractivity contribution < 1.29 is 24.5 Å². The summed E-state index contributed by atoms with van der Waals surface area (Å²) in [6.45, 7) is 2.76. The van der Waals surface area contributed by atoms with Crippen LogP contribution in [0, 0.1) is 0 Å². The van der Waals surface area contributed by atoms with Crippen molar-refractivity contribution in [1.29, 1.82) is 0 Å². The number of thiocarbonyl (C=S) groups is 1. The Kier molecular flexibility index (Phi) is 8.73. The van der Waals surface area contributed by atoms with Gasteiger partial charge in [0.1, 0.15) is 10.1 Å². The molecular weight excluding hydrogens is 460 g/mol. The fourth-order valence-electron chi connectivity index (χ4n) is 3.24. The molecule has 9 heteroatoms. The number of aromatic hydroxyl groups is 2. The number of phenols is 2. The number of hydrogen-bond donors (Lipinski definition) is 3. The van der Waals surface area contributed by atoms with Gasteiger partial charge in [-0.1, -0.05) is 36.5 Å². The third kappa shape index (κ3) is 6.97. The Hall–Kier alpha value is -3.04. The van der Waals surface area contributed by atoms with Crippen LogP contribution in [0.3, 0.4) is 0 Å². The number of benzene rings is 2. The molecule has 1 aliphatic heterocycles. The van der Waals surface area contributed by atoms with E-state index >= 15 is 0 Å². The number of ether oxygens (including phenoxy) is 1. The lowest BCUT2D eigenvalue weighted by Crippen LogP contribution is -2.29. The van der Waals surface area contributed by atoms with Crippen LogP contribution < -0.4 is 10.1 Å². The summed E-state index contributed by atoms with van der Waals surface area (Å²) in [5, 5.41) is 21.9. The lowest BCUT2D eigenvalue weighted by atomic mass is 10.1. The molecule has 2 amide bonds. The van der Waals surface area contributed by atoms with Crippen LogP contribution in [0.25, 0.3) is 6.08 Å². The Morgan fingerprint density at radius 2 is 1.91 bits per heavy atom. The van der Waals surface area contributed by atoms with Crippen LogP contribution in [0.15, 0.2) is 47.4 Å². The second-order valence-electron chi connectivity index (χ2n) is 7.40. The van der Waals surface area contributed by atoms with Gasteiger partial charge in [0, 0.05) is 18.7 Å². The van der Waals surface area contributed by atoms with Gasteiger partial charge in [-0.15, -0.1) is 0 Å². The van der Waals surface area contributed by atoms with Gasteiger partial charge in [-0.2, -0.15) is 0 Å². The van der Waals surface area contributed by atoms with Crippen molar-refractivity contribution in [2.75, 3.05) is 18.5 Å². The van der Waals surface area contributed by atoms with Crippen molar-refractivity contribution in [3.05, 3.63) is 52.9 Å². The summed E-state index contributed by atoms with van der Waals surface area (Å²) in [5.41, 5.74) is 1.39. The minimum absolute atomic E-state index is 0.0540. The zero-order valence-electron chi connectivity index (χ0n) is 18.2. The number of nitrogens with one attached hydrogen (secondary N) is 1. The van der Waals surface area contributed by atoms with Crippen LogP contribution in [0.2, 0.25) is 0 Å². The van der Waals surface area contributed by atoms with Gasteiger partial charge in [-0.05, 0) is 67.8 Å². The van der Waals surface area contributed by atoms with Gasteiger partial charge >= 0.3 is 0 Å². The molecule has 2 aromatic carbocycles. The van der Waals surface area contributed by atoms with E-state index in [-0.39, 0.29) is 23.3 Å². The maximum Gasteiger partial charge on any atom is 0.266 e. The number of anilines is 1. The predicted octanol–water partition coefficient (Wildman–Crippen LogP) is 4.90. The van der Waals surface area contributed by atoms with Gasteiger partial charge in [0.05, 0.1) is 11.5 Å². The highest BCUT2D eigenvalue weighted by Gasteiger charge is 2.31. The van der Waals surface area contributed by atoms with Crippen molar-refractivity contribution in [3.63, 3.8) is 0 Å². The van der Waals surface area contributed by atoms with E-state index in [2.05, 4.69) is 5.32 Å². The molecule has 1 aliphatic rings. The van der Waals surface area contributed by atoms with E-state index in [1.807, 2.05) is 6.92 Å². The molecule has 0 atom stereocenters. The molecule has 0 aromatic heterocycles. The zero-order valence-corrected chi connectivity index (χ0v) is 19.9. The summed E-state index contributed by atoms with van der Waals surface area (Å²) in [4.78, 5) is 26.9. The van der Waals surface area contributed by atoms with E-state index in [1.165, 1.54) is 30.0 Å². The highest BCUT2D eigenvalue weighted by Crippen LogP contribution is 2.34. The molecule has 1 fully saturated rings. The van der Waals surface area contributed by atoms with Crippen LogP contribution >= 0.6 is 24.0 Å². The molecule has 0 saturated carbocycles. The monoisotopic (exact) mass is 486 g/mol. The quantitative estimate of drug-likeness (QED) is 0.190. The van der Waals surface area contributed by atoms with Crippen LogP contribution in [0.4, 0.5) is 5.69 Å². The average molecular weight is 487 g/mol. The maximum atomic E-state index is 12.8. The van der Waals surface area contributed by atoms with Crippen molar-refractivity contribution in [2.24, 2.45) is 0 Å². The Morgan fingerprint density at radius 1 is 1.15 bits per heavy atom. The molecule has 0 spiro atoms. The predicted molar refractivity (Wildman–Crippen MR) is 134 cm³/mol. The fourth-order valence-corrected chi connectivity index (χ4v) is 4.54. The molecule has 0 radical (unpaired) electrons. The lowest BCUT2D eigenvalue weighted by molar-refractivity contribution is -0.122.